The van der Waals surface area contributed by atoms with Gasteiger partial charge < -0.3 is 19.2 Å². The van der Waals surface area contributed by atoms with Gasteiger partial charge in [-0.3, -0.25) is 0 Å². The molecule has 1 aromatic rings. The Morgan fingerprint density at radius 3 is 2.03 bits per heavy atom. The van der Waals surface area contributed by atoms with E-state index in [0.717, 1.165) is 5.69 Å². The van der Waals surface area contributed by atoms with E-state index < -0.39 is 20.0 Å². The Labute approximate surface area is 207 Å². The molecule has 1 heterocycles. The van der Waals surface area contributed by atoms with E-state index in [4.69, 9.17) is 14.1 Å². The van der Waals surface area contributed by atoms with Crippen LogP contribution in [-0.4, -0.2) is 48.1 Å². The number of ether oxygens (including phenoxy) is 1. The molecule has 0 unspecified atom stereocenters. The van der Waals surface area contributed by atoms with E-state index in [2.05, 4.69) is 41.5 Å². The first-order valence-electron chi connectivity index (χ1n) is 12.2. The van der Waals surface area contributed by atoms with Crippen molar-refractivity contribution in [3.63, 3.8) is 0 Å². The molecular formula is C25H48N2O4SSi. The molecule has 0 aliphatic heterocycles. The molecule has 0 aromatic carbocycles. The summed E-state index contributed by atoms with van der Waals surface area (Å²) in [6, 6.07) is -0.165. The second-order valence-corrected chi connectivity index (χ2v) is 17.8. The second-order valence-electron chi connectivity index (χ2n) is 11.4. The van der Waals surface area contributed by atoms with Crippen LogP contribution in [0.5, 0.6) is 0 Å². The Morgan fingerprint density at radius 2 is 1.61 bits per heavy atom. The zero-order valence-corrected chi connectivity index (χ0v) is 24.7. The number of rotatable bonds is 11. The van der Waals surface area contributed by atoms with Gasteiger partial charge in [-0.15, -0.1) is 11.3 Å². The molecule has 0 bridgehead atoms. The summed E-state index contributed by atoms with van der Waals surface area (Å²) >= 11 is 1.46. The van der Waals surface area contributed by atoms with Gasteiger partial charge in [0.2, 0.25) is 8.32 Å². The highest BCUT2D eigenvalue weighted by atomic mass is 32.1. The number of aliphatic hydroxyl groups excluding tert-OH is 1. The molecule has 6 nitrogen and oxygen atoms in total. The molecule has 8 heteroatoms. The predicted molar refractivity (Wildman–Crippen MR) is 140 cm³/mol. The van der Waals surface area contributed by atoms with Crippen molar-refractivity contribution < 1.29 is 19.1 Å². The summed E-state index contributed by atoms with van der Waals surface area (Å²) in [6.07, 6.45) is -0.716. The van der Waals surface area contributed by atoms with Crippen LogP contribution >= 0.6 is 11.3 Å². The number of hydrogen-bond acceptors (Lipinski definition) is 6. The average molecular weight is 501 g/mol. The Balaban J connectivity index is 2.92. The lowest BCUT2D eigenvalue weighted by Crippen LogP contribution is -2.47. The minimum Gasteiger partial charge on any atom is -0.444 e. The minimum atomic E-state index is -1.97. The maximum atomic E-state index is 12.6. The van der Waals surface area contributed by atoms with Crippen molar-refractivity contribution in [1.29, 1.82) is 0 Å². The molecule has 0 aliphatic rings. The van der Waals surface area contributed by atoms with E-state index in [1.807, 2.05) is 40.0 Å². The highest BCUT2D eigenvalue weighted by Gasteiger charge is 2.45. The molecule has 2 atom stereocenters. The highest BCUT2D eigenvalue weighted by molar-refractivity contribution is 7.09. The molecule has 192 valence electrons. The summed E-state index contributed by atoms with van der Waals surface area (Å²) in [4.78, 5) is 18.9. The van der Waals surface area contributed by atoms with Crippen LogP contribution in [0.4, 0.5) is 4.79 Å². The number of nitrogens with zero attached hydrogens (tertiary/aromatic N) is 2. The van der Waals surface area contributed by atoms with Gasteiger partial charge in [0.15, 0.2) is 0 Å². The van der Waals surface area contributed by atoms with Gasteiger partial charge >= 0.3 is 6.09 Å². The number of aliphatic hydroxyl groups is 1. The third kappa shape index (κ3) is 8.04. The summed E-state index contributed by atoms with van der Waals surface area (Å²) < 4.78 is 12.2. The molecular weight excluding hydrogens is 452 g/mol. The van der Waals surface area contributed by atoms with Crippen LogP contribution < -0.4 is 0 Å². The second kappa shape index (κ2) is 12.1. The summed E-state index contributed by atoms with van der Waals surface area (Å²) in [5, 5.41) is 13.6. The standard InChI is InChI=1S/C25H48N2O4SSi/c1-16(2)21(27(12)24(29)31-25(9,10)11)13-22(28)23-26-20(15-32-23)14-30-33(17(3)4,18(5)6)19(7)8/h15-19,21-22,28H,13-14H2,1-12H3/t21-,22+/m1/s1. The van der Waals surface area contributed by atoms with Crippen LogP contribution in [0.2, 0.25) is 16.6 Å². The number of carbonyl (C=O) groups excluding carboxylic acids is 1. The molecule has 0 saturated carbocycles. The van der Waals surface area contributed by atoms with Crippen LogP contribution in [0.1, 0.15) is 99.4 Å². The molecule has 0 aliphatic carbocycles. The summed E-state index contributed by atoms with van der Waals surface area (Å²) in [6.45, 7) is 23.8. The zero-order chi connectivity index (χ0) is 25.7. The zero-order valence-electron chi connectivity index (χ0n) is 22.9. The fourth-order valence-electron chi connectivity index (χ4n) is 4.92. The van der Waals surface area contributed by atoms with Crippen molar-refractivity contribution in [3.05, 3.63) is 16.1 Å². The van der Waals surface area contributed by atoms with Gasteiger partial charge in [-0.1, -0.05) is 55.4 Å². The van der Waals surface area contributed by atoms with E-state index in [-0.39, 0.29) is 18.1 Å². The number of carbonyl (C=O) groups is 1. The molecule has 0 saturated heterocycles. The SMILES string of the molecule is CC(C)[C@@H](C[C@H](O)c1nc(CO[Si](C(C)C)(C(C)C)C(C)C)cs1)N(C)C(=O)OC(C)(C)C. The van der Waals surface area contributed by atoms with Crippen molar-refractivity contribution in [2.75, 3.05) is 7.05 Å². The first kappa shape index (κ1) is 30.1. The van der Waals surface area contributed by atoms with Crippen LogP contribution in [0.25, 0.3) is 0 Å². The Kier molecular flexibility index (Phi) is 11.1. The summed E-state index contributed by atoms with van der Waals surface area (Å²) in [7, 11) is -0.236. The van der Waals surface area contributed by atoms with Gasteiger partial charge in [0.05, 0.1) is 12.3 Å². The van der Waals surface area contributed by atoms with Crippen molar-refractivity contribution in [2.24, 2.45) is 5.92 Å². The molecule has 33 heavy (non-hydrogen) atoms. The van der Waals surface area contributed by atoms with Gasteiger partial charge in [-0.25, -0.2) is 9.78 Å². The van der Waals surface area contributed by atoms with Crippen LogP contribution in [-0.2, 0) is 15.8 Å². The molecule has 0 spiro atoms. The number of thiazole rings is 1. The topological polar surface area (TPSA) is 71.9 Å². The first-order chi connectivity index (χ1) is 15.0. The van der Waals surface area contributed by atoms with Crippen molar-refractivity contribution in [2.45, 2.75) is 124 Å². The maximum absolute atomic E-state index is 12.6. The van der Waals surface area contributed by atoms with E-state index in [1.165, 1.54) is 11.3 Å². The summed E-state index contributed by atoms with van der Waals surface area (Å²) in [5.74, 6) is 0.162. The lowest BCUT2D eigenvalue weighted by Gasteiger charge is -2.42. The number of aromatic nitrogens is 1. The van der Waals surface area contributed by atoms with Crippen LogP contribution in [0, 0.1) is 5.92 Å². The smallest absolute Gasteiger partial charge is 0.410 e. The molecule has 1 rings (SSSR count). The lowest BCUT2D eigenvalue weighted by molar-refractivity contribution is 0.0106. The van der Waals surface area contributed by atoms with Crippen molar-refractivity contribution >= 4 is 25.7 Å². The third-order valence-corrected chi connectivity index (χ3v) is 13.5. The van der Waals surface area contributed by atoms with Gasteiger partial charge in [0.1, 0.15) is 16.7 Å². The van der Waals surface area contributed by atoms with Gasteiger partial charge in [-0.2, -0.15) is 0 Å². The third-order valence-electron chi connectivity index (χ3n) is 6.44. The van der Waals surface area contributed by atoms with E-state index >= 15 is 0 Å². The predicted octanol–water partition coefficient (Wildman–Crippen LogP) is 7.15. The summed E-state index contributed by atoms with van der Waals surface area (Å²) in [5.41, 5.74) is 1.84. The Bertz CT molecular complexity index is 721. The van der Waals surface area contributed by atoms with Gasteiger partial charge in [-0.05, 0) is 43.3 Å². The van der Waals surface area contributed by atoms with Crippen LogP contribution in [0.15, 0.2) is 5.38 Å². The van der Waals surface area contributed by atoms with E-state index in [0.29, 0.717) is 34.7 Å². The fourth-order valence-corrected chi connectivity index (χ4v) is 11.1. The average Bonchev–Trinajstić information content (AvgIpc) is 3.12. The van der Waals surface area contributed by atoms with Gasteiger partial charge in [0.25, 0.3) is 0 Å². The number of hydrogen-bond donors (Lipinski definition) is 1. The number of amides is 1. The minimum absolute atomic E-state index is 0.162. The van der Waals surface area contributed by atoms with Gasteiger partial charge in [0, 0.05) is 24.9 Å². The quantitative estimate of drug-likeness (QED) is 0.327. The molecule has 1 N–H and O–H groups in total. The normalized spacial score (nSPS) is 14.9. The van der Waals surface area contributed by atoms with E-state index in [9.17, 15) is 9.90 Å². The Hall–Kier alpha value is -0.963. The van der Waals surface area contributed by atoms with Crippen LogP contribution in [0.3, 0.4) is 0 Å². The Morgan fingerprint density at radius 1 is 1.09 bits per heavy atom. The highest BCUT2D eigenvalue weighted by Crippen LogP contribution is 2.42. The molecule has 1 amide bonds. The fraction of sp³-hybridized carbons (Fsp3) is 0.840. The lowest BCUT2D eigenvalue weighted by atomic mass is 9.97. The van der Waals surface area contributed by atoms with Crippen molar-refractivity contribution in [1.82, 2.24) is 9.88 Å². The van der Waals surface area contributed by atoms with Crippen molar-refractivity contribution in [3.8, 4) is 0 Å². The molecule has 1 aromatic heterocycles. The first-order valence-corrected chi connectivity index (χ1v) is 15.3. The largest absolute Gasteiger partial charge is 0.444 e. The van der Waals surface area contributed by atoms with E-state index in [1.54, 1.807) is 11.9 Å². The maximum Gasteiger partial charge on any atom is 0.410 e. The monoisotopic (exact) mass is 500 g/mol. The molecule has 0 radical (unpaired) electrons. The molecule has 0 fully saturated rings.